The molecule has 0 bridgehead atoms. The standard InChI is InChI=1S/C10H11N.CH4/c1-8-7-11(2)10-6-4-3-5-9(8)10;/h3-7H,1-2H3;1H4. The van der Waals surface area contributed by atoms with Gasteiger partial charge in [-0.05, 0) is 18.6 Å². The maximum Gasteiger partial charge on any atom is 0.0480 e. The minimum Gasteiger partial charge on any atom is -0.350 e. The molecule has 1 aromatic carbocycles. The number of fused-ring (bicyclic) bond motifs is 1. The molecule has 0 saturated carbocycles. The van der Waals surface area contributed by atoms with Gasteiger partial charge in [0, 0.05) is 24.1 Å². The molecule has 2 aromatic rings. The Morgan fingerprint density at radius 1 is 1.17 bits per heavy atom. The van der Waals surface area contributed by atoms with Crippen molar-refractivity contribution in [1.82, 2.24) is 4.57 Å². The second-order valence-corrected chi connectivity index (χ2v) is 2.94. The Morgan fingerprint density at radius 2 is 1.83 bits per heavy atom. The molecule has 0 saturated heterocycles. The Bertz CT molecular complexity index is 349. The third-order valence-electron chi connectivity index (χ3n) is 2.10. The number of hydrogen-bond donors (Lipinski definition) is 0. The van der Waals surface area contributed by atoms with Gasteiger partial charge in [-0.2, -0.15) is 0 Å². The van der Waals surface area contributed by atoms with Crippen LogP contribution in [-0.4, -0.2) is 4.57 Å². The Morgan fingerprint density at radius 3 is 2.50 bits per heavy atom. The van der Waals surface area contributed by atoms with E-state index in [0.29, 0.717) is 0 Å². The van der Waals surface area contributed by atoms with E-state index in [-0.39, 0.29) is 7.43 Å². The highest BCUT2D eigenvalue weighted by atomic mass is 14.9. The average Bonchev–Trinajstić information content (AvgIpc) is 2.30. The van der Waals surface area contributed by atoms with Crippen LogP contribution in [0.25, 0.3) is 10.9 Å². The average molecular weight is 161 g/mol. The van der Waals surface area contributed by atoms with Crippen molar-refractivity contribution in [2.45, 2.75) is 14.4 Å². The van der Waals surface area contributed by atoms with E-state index in [1.165, 1.54) is 16.5 Å². The van der Waals surface area contributed by atoms with Gasteiger partial charge < -0.3 is 4.57 Å². The minimum atomic E-state index is 0. The van der Waals surface area contributed by atoms with E-state index in [1.54, 1.807) is 0 Å². The molecule has 0 N–H and O–H groups in total. The first-order valence-electron chi connectivity index (χ1n) is 3.80. The number of nitrogens with zero attached hydrogens (tertiary/aromatic N) is 1. The normalized spacial score (nSPS) is 9.83. The first kappa shape index (κ1) is 8.85. The van der Waals surface area contributed by atoms with Crippen molar-refractivity contribution in [2.24, 2.45) is 7.05 Å². The van der Waals surface area contributed by atoms with Crippen LogP contribution < -0.4 is 0 Å². The van der Waals surface area contributed by atoms with Gasteiger partial charge in [0.1, 0.15) is 0 Å². The first-order chi connectivity index (χ1) is 5.29. The summed E-state index contributed by atoms with van der Waals surface area (Å²) < 4.78 is 2.16. The lowest BCUT2D eigenvalue weighted by atomic mass is 10.2. The zero-order chi connectivity index (χ0) is 7.84. The van der Waals surface area contributed by atoms with Gasteiger partial charge in [-0.1, -0.05) is 25.6 Å². The first-order valence-corrected chi connectivity index (χ1v) is 3.80. The van der Waals surface area contributed by atoms with Gasteiger partial charge in [-0.3, -0.25) is 0 Å². The Hall–Kier alpha value is -1.24. The van der Waals surface area contributed by atoms with Crippen LogP contribution >= 0.6 is 0 Å². The summed E-state index contributed by atoms with van der Waals surface area (Å²) in [6, 6.07) is 8.45. The van der Waals surface area contributed by atoms with Crippen molar-refractivity contribution in [2.75, 3.05) is 0 Å². The van der Waals surface area contributed by atoms with E-state index in [0.717, 1.165) is 0 Å². The van der Waals surface area contributed by atoms with Crippen LogP contribution in [0.1, 0.15) is 13.0 Å². The van der Waals surface area contributed by atoms with Crippen molar-refractivity contribution in [1.29, 1.82) is 0 Å². The lowest BCUT2D eigenvalue weighted by Crippen LogP contribution is -1.81. The SMILES string of the molecule is C.Cc1cn(C)c2ccccc12. The van der Waals surface area contributed by atoms with Crippen molar-refractivity contribution < 1.29 is 0 Å². The van der Waals surface area contributed by atoms with Crippen molar-refractivity contribution in [3.8, 4) is 0 Å². The number of aromatic nitrogens is 1. The molecule has 64 valence electrons. The number of rotatable bonds is 0. The van der Waals surface area contributed by atoms with Crippen molar-refractivity contribution in [3.63, 3.8) is 0 Å². The lowest BCUT2D eigenvalue weighted by Gasteiger charge is -1.92. The number of para-hydroxylation sites is 1. The van der Waals surface area contributed by atoms with Gasteiger partial charge in [0.15, 0.2) is 0 Å². The molecule has 1 heterocycles. The maximum atomic E-state index is 2.16. The summed E-state index contributed by atoms with van der Waals surface area (Å²) in [5.41, 5.74) is 2.66. The zero-order valence-corrected chi connectivity index (χ0v) is 6.83. The maximum absolute atomic E-state index is 2.16. The van der Waals surface area contributed by atoms with Gasteiger partial charge in [-0.25, -0.2) is 0 Å². The summed E-state index contributed by atoms with van der Waals surface area (Å²) >= 11 is 0. The highest BCUT2D eigenvalue weighted by molar-refractivity contribution is 5.83. The molecule has 1 heteroatoms. The van der Waals surface area contributed by atoms with Crippen LogP contribution in [0.2, 0.25) is 0 Å². The predicted molar refractivity (Wildman–Crippen MR) is 54.4 cm³/mol. The predicted octanol–water partition coefficient (Wildman–Crippen LogP) is 3.12. The van der Waals surface area contributed by atoms with Crippen molar-refractivity contribution >= 4 is 10.9 Å². The van der Waals surface area contributed by atoms with E-state index < -0.39 is 0 Å². The third kappa shape index (κ3) is 1.11. The molecule has 0 fully saturated rings. The van der Waals surface area contributed by atoms with Gasteiger partial charge in [0.05, 0.1) is 0 Å². The summed E-state index contributed by atoms with van der Waals surface area (Å²) in [4.78, 5) is 0. The molecule has 0 amide bonds. The smallest absolute Gasteiger partial charge is 0.0480 e. The van der Waals surface area contributed by atoms with E-state index in [1.807, 2.05) is 0 Å². The minimum absolute atomic E-state index is 0. The summed E-state index contributed by atoms with van der Waals surface area (Å²) in [5.74, 6) is 0. The van der Waals surface area contributed by atoms with Crippen LogP contribution in [0.15, 0.2) is 30.5 Å². The molecule has 0 atom stereocenters. The summed E-state index contributed by atoms with van der Waals surface area (Å²) in [5, 5.41) is 1.36. The largest absolute Gasteiger partial charge is 0.350 e. The molecule has 0 aliphatic rings. The molecule has 1 nitrogen and oxygen atoms in total. The fraction of sp³-hybridized carbons (Fsp3) is 0.273. The third-order valence-corrected chi connectivity index (χ3v) is 2.10. The van der Waals surface area contributed by atoms with Crippen molar-refractivity contribution in [3.05, 3.63) is 36.0 Å². The second-order valence-electron chi connectivity index (χ2n) is 2.94. The summed E-state index contributed by atoms with van der Waals surface area (Å²) in [7, 11) is 2.08. The fourth-order valence-electron chi connectivity index (χ4n) is 1.54. The Kier molecular flexibility index (Phi) is 2.22. The van der Waals surface area contributed by atoms with Crippen LogP contribution in [0.4, 0.5) is 0 Å². The molecule has 0 unspecified atom stereocenters. The molecule has 0 spiro atoms. The monoisotopic (exact) mass is 161 g/mol. The number of hydrogen-bond acceptors (Lipinski definition) is 0. The van der Waals surface area contributed by atoms with Crippen LogP contribution in [0, 0.1) is 6.92 Å². The van der Waals surface area contributed by atoms with E-state index in [2.05, 4.69) is 49.0 Å². The van der Waals surface area contributed by atoms with Gasteiger partial charge in [-0.15, -0.1) is 0 Å². The molecule has 0 aliphatic heterocycles. The number of benzene rings is 1. The lowest BCUT2D eigenvalue weighted by molar-refractivity contribution is 0.964. The highest BCUT2D eigenvalue weighted by Crippen LogP contribution is 2.18. The van der Waals surface area contributed by atoms with Crippen LogP contribution in [-0.2, 0) is 7.05 Å². The van der Waals surface area contributed by atoms with E-state index >= 15 is 0 Å². The summed E-state index contributed by atoms with van der Waals surface area (Å²) in [6.07, 6.45) is 2.16. The van der Waals surface area contributed by atoms with Crippen LogP contribution in [0.3, 0.4) is 0 Å². The second kappa shape index (κ2) is 3.02. The van der Waals surface area contributed by atoms with Gasteiger partial charge in [0.25, 0.3) is 0 Å². The molecular weight excluding hydrogens is 146 g/mol. The molecular formula is C11H15N. The summed E-state index contributed by atoms with van der Waals surface area (Å²) in [6.45, 7) is 2.14. The van der Waals surface area contributed by atoms with Gasteiger partial charge in [0.2, 0.25) is 0 Å². The van der Waals surface area contributed by atoms with E-state index in [4.69, 9.17) is 0 Å². The molecule has 0 aliphatic carbocycles. The highest BCUT2D eigenvalue weighted by Gasteiger charge is 1.98. The molecule has 1 aromatic heterocycles. The Labute approximate surface area is 73.6 Å². The van der Waals surface area contributed by atoms with Crippen LogP contribution in [0.5, 0.6) is 0 Å². The van der Waals surface area contributed by atoms with E-state index in [9.17, 15) is 0 Å². The van der Waals surface area contributed by atoms with Gasteiger partial charge >= 0.3 is 0 Å². The molecule has 0 radical (unpaired) electrons. The number of aryl methyl sites for hydroxylation is 2. The molecule has 2 rings (SSSR count). The zero-order valence-electron chi connectivity index (χ0n) is 6.83. The fourth-order valence-corrected chi connectivity index (χ4v) is 1.54. The Balaban J connectivity index is 0.000000720. The topological polar surface area (TPSA) is 4.93 Å². The molecule has 12 heavy (non-hydrogen) atoms. The quantitative estimate of drug-likeness (QED) is 0.559.